The number of morpholine rings is 1. The van der Waals surface area contributed by atoms with Crippen molar-refractivity contribution in [3.63, 3.8) is 0 Å². The summed E-state index contributed by atoms with van der Waals surface area (Å²) in [5, 5.41) is 11.3. The molecule has 1 N–H and O–H groups in total. The van der Waals surface area contributed by atoms with Crippen LogP contribution in [0.1, 0.15) is 23.0 Å². The predicted octanol–water partition coefficient (Wildman–Crippen LogP) is 2.54. The first-order chi connectivity index (χ1) is 11.7. The molecule has 1 atom stereocenters. The van der Waals surface area contributed by atoms with E-state index in [-0.39, 0.29) is 0 Å². The molecule has 0 bridgehead atoms. The number of aliphatic hydroxyl groups is 1. The van der Waals surface area contributed by atoms with E-state index in [1.807, 2.05) is 36.5 Å². The Morgan fingerprint density at radius 3 is 2.79 bits per heavy atom. The number of ether oxygens (including phenoxy) is 1. The number of nitrogens with zero attached hydrogens (tertiary/aromatic N) is 3. The monoisotopic (exact) mass is 347 g/mol. The number of rotatable bonds is 7. The second-order valence-corrected chi connectivity index (χ2v) is 7.26. The van der Waals surface area contributed by atoms with Crippen molar-refractivity contribution in [2.75, 3.05) is 44.8 Å². The molecule has 2 aromatic rings. The fraction of sp³-hybridized carbons (Fsp3) is 0.500. The van der Waals surface area contributed by atoms with E-state index < -0.39 is 6.10 Å². The van der Waals surface area contributed by atoms with Crippen LogP contribution in [0.15, 0.2) is 36.5 Å². The number of benzene rings is 1. The van der Waals surface area contributed by atoms with Crippen molar-refractivity contribution in [3.8, 4) is 0 Å². The molecule has 1 fully saturated rings. The quantitative estimate of drug-likeness (QED) is 0.834. The van der Waals surface area contributed by atoms with E-state index in [9.17, 15) is 5.11 Å². The van der Waals surface area contributed by atoms with Gasteiger partial charge in [-0.25, -0.2) is 4.98 Å². The number of thiazole rings is 1. The Labute approximate surface area is 147 Å². The van der Waals surface area contributed by atoms with Crippen LogP contribution in [0, 0.1) is 0 Å². The van der Waals surface area contributed by atoms with Gasteiger partial charge in [0, 0.05) is 37.3 Å². The average Bonchev–Trinajstić information content (AvgIpc) is 3.09. The fourth-order valence-corrected chi connectivity index (χ4v) is 3.84. The Bertz CT molecular complexity index is 614. The Balaban J connectivity index is 1.46. The summed E-state index contributed by atoms with van der Waals surface area (Å²) in [5.41, 5.74) is 0.985. The number of anilines is 1. The first kappa shape index (κ1) is 17.4. The first-order valence-electron chi connectivity index (χ1n) is 8.41. The number of aliphatic hydroxyl groups excluding tert-OH is 1. The van der Waals surface area contributed by atoms with Gasteiger partial charge in [0.15, 0.2) is 5.13 Å². The lowest BCUT2D eigenvalue weighted by Gasteiger charge is -2.26. The second-order valence-electron chi connectivity index (χ2n) is 6.16. The standard InChI is InChI=1S/C18H25N3O2S/c1-20(8-7-17(22)15-5-3-2-4-6-15)14-16-13-19-18(24-16)21-9-11-23-12-10-21/h2-6,13,17,22H,7-12,14H2,1H3/t17-/m0/s1. The summed E-state index contributed by atoms with van der Waals surface area (Å²) in [5.74, 6) is 0. The minimum absolute atomic E-state index is 0.404. The largest absolute Gasteiger partial charge is 0.388 e. The third-order valence-corrected chi connectivity index (χ3v) is 5.26. The summed E-state index contributed by atoms with van der Waals surface area (Å²) in [6.07, 6.45) is 2.30. The molecule has 1 aromatic heterocycles. The number of hydrogen-bond acceptors (Lipinski definition) is 6. The Morgan fingerprint density at radius 2 is 2.04 bits per heavy atom. The van der Waals surface area contributed by atoms with Crippen molar-refractivity contribution < 1.29 is 9.84 Å². The predicted molar refractivity (Wildman–Crippen MR) is 97.5 cm³/mol. The van der Waals surface area contributed by atoms with Gasteiger partial charge in [-0.15, -0.1) is 11.3 Å². The van der Waals surface area contributed by atoms with Gasteiger partial charge in [0.25, 0.3) is 0 Å². The van der Waals surface area contributed by atoms with Crippen molar-refractivity contribution in [3.05, 3.63) is 47.0 Å². The van der Waals surface area contributed by atoms with Crippen LogP contribution in [0.2, 0.25) is 0 Å². The lowest BCUT2D eigenvalue weighted by atomic mass is 10.1. The SMILES string of the molecule is CN(CC[C@H](O)c1ccccc1)Cc1cnc(N2CCOCC2)s1. The highest BCUT2D eigenvalue weighted by atomic mass is 32.1. The zero-order valence-electron chi connectivity index (χ0n) is 14.1. The molecule has 0 unspecified atom stereocenters. The van der Waals surface area contributed by atoms with Crippen molar-refractivity contribution >= 4 is 16.5 Å². The van der Waals surface area contributed by atoms with Crippen LogP contribution in [0.4, 0.5) is 5.13 Å². The van der Waals surface area contributed by atoms with Crippen LogP contribution in [0.3, 0.4) is 0 Å². The highest BCUT2D eigenvalue weighted by molar-refractivity contribution is 7.15. The van der Waals surface area contributed by atoms with E-state index in [0.717, 1.165) is 56.5 Å². The maximum absolute atomic E-state index is 10.3. The van der Waals surface area contributed by atoms with Crippen molar-refractivity contribution in [1.82, 2.24) is 9.88 Å². The molecule has 0 spiro atoms. The average molecular weight is 347 g/mol. The van der Waals surface area contributed by atoms with Crippen molar-refractivity contribution in [2.45, 2.75) is 19.1 Å². The van der Waals surface area contributed by atoms with Crippen LogP contribution in [-0.4, -0.2) is 54.9 Å². The maximum Gasteiger partial charge on any atom is 0.185 e. The molecular weight excluding hydrogens is 322 g/mol. The first-order valence-corrected chi connectivity index (χ1v) is 9.23. The van der Waals surface area contributed by atoms with Gasteiger partial charge >= 0.3 is 0 Å². The molecule has 0 saturated carbocycles. The molecule has 6 heteroatoms. The van der Waals surface area contributed by atoms with E-state index in [2.05, 4.69) is 21.8 Å². The molecule has 24 heavy (non-hydrogen) atoms. The summed E-state index contributed by atoms with van der Waals surface area (Å²) in [7, 11) is 2.09. The van der Waals surface area contributed by atoms with Gasteiger partial charge in [0.1, 0.15) is 0 Å². The minimum Gasteiger partial charge on any atom is -0.388 e. The fourth-order valence-electron chi connectivity index (χ4n) is 2.80. The summed E-state index contributed by atoms with van der Waals surface area (Å²) in [6, 6.07) is 9.85. The number of hydrogen-bond donors (Lipinski definition) is 1. The van der Waals surface area contributed by atoms with E-state index >= 15 is 0 Å². The van der Waals surface area contributed by atoms with Gasteiger partial charge < -0.3 is 19.6 Å². The third kappa shape index (κ3) is 4.77. The van der Waals surface area contributed by atoms with Crippen molar-refractivity contribution in [2.24, 2.45) is 0 Å². The molecule has 0 radical (unpaired) electrons. The summed E-state index contributed by atoms with van der Waals surface area (Å²) in [6.45, 7) is 5.13. The van der Waals surface area contributed by atoms with Gasteiger partial charge in [-0.3, -0.25) is 0 Å². The molecular formula is C18H25N3O2S. The lowest BCUT2D eigenvalue weighted by molar-refractivity contribution is 0.122. The second kappa shape index (κ2) is 8.58. The highest BCUT2D eigenvalue weighted by Crippen LogP contribution is 2.24. The molecule has 1 aromatic carbocycles. The summed E-state index contributed by atoms with van der Waals surface area (Å²) < 4.78 is 5.39. The molecule has 1 saturated heterocycles. The van der Waals surface area contributed by atoms with Crippen LogP contribution >= 0.6 is 11.3 Å². The lowest BCUT2D eigenvalue weighted by Crippen LogP contribution is -2.36. The number of aromatic nitrogens is 1. The van der Waals surface area contributed by atoms with Gasteiger partial charge in [0.2, 0.25) is 0 Å². The van der Waals surface area contributed by atoms with Crippen molar-refractivity contribution in [1.29, 1.82) is 0 Å². The summed E-state index contributed by atoms with van der Waals surface area (Å²) >= 11 is 1.75. The van der Waals surface area contributed by atoms with Crippen LogP contribution in [-0.2, 0) is 11.3 Å². The van der Waals surface area contributed by atoms with E-state index in [0.29, 0.717) is 0 Å². The zero-order chi connectivity index (χ0) is 16.8. The minimum atomic E-state index is -0.404. The molecule has 5 nitrogen and oxygen atoms in total. The Morgan fingerprint density at radius 1 is 1.29 bits per heavy atom. The van der Waals surface area contributed by atoms with Gasteiger partial charge in [0.05, 0.1) is 19.3 Å². The molecule has 1 aliphatic rings. The molecule has 0 amide bonds. The summed E-state index contributed by atoms with van der Waals surface area (Å²) in [4.78, 5) is 10.3. The molecule has 3 rings (SSSR count). The maximum atomic E-state index is 10.3. The molecule has 130 valence electrons. The van der Waals surface area contributed by atoms with Gasteiger partial charge in [-0.1, -0.05) is 30.3 Å². The van der Waals surface area contributed by atoms with Gasteiger partial charge in [-0.05, 0) is 19.0 Å². The molecule has 1 aliphatic heterocycles. The topological polar surface area (TPSA) is 48.8 Å². The van der Waals surface area contributed by atoms with Crippen LogP contribution in [0.25, 0.3) is 0 Å². The smallest absolute Gasteiger partial charge is 0.185 e. The molecule has 2 heterocycles. The Kier molecular flexibility index (Phi) is 6.20. The van der Waals surface area contributed by atoms with Crippen LogP contribution < -0.4 is 4.90 Å². The van der Waals surface area contributed by atoms with E-state index in [1.165, 1.54) is 4.88 Å². The van der Waals surface area contributed by atoms with Crippen LogP contribution in [0.5, 0.6) is 0 Å². The Hall–Kier alpha value is -1.47. The normalized spacial score (nSPS) is 16.5. The molecule has 0 aliphatic carbocycles. The zero-order valence-corrected chi connectivity index (χ0v) is 14.9. The highest BCUT2D eigenvalue weighted by Gasteiger charge is 2.15. The van der Waals surface area contributed by atoms with E-state index in [1.54, 1.807) is 11.3 Å². The van der Waals surface area contributed by atoms with E-state index in [4.69, 9.17) is 4.74 Å². The third-order valence-electron chi connectivity index (χ3n) is 4.22. The van der Waals surface area contributed by atoms with Gasteiger partial charge in [-0.2, -0.15) is 0 Å².